The van der Waals surface area contributed by atoms with Crippen molar-refractivity contribution in [2.75, 3.05) is 11.9 Å². The topological polar surface area (TPSA) is 77.5 Å². The lowest BCUT2D eigenvalue weighted by Crippen LogP contribution is -2.31. The van der Waals surface area contributed by atoms with Gasteiger partial charge in [-0.25, -0.2) is 9.78 Å². The molecular formula is C21H22N2O4S. The average Bonchev–Trinajstić information content (AvgIpc) is 3.07. The summed E-state index contributed by atoms with van der Waals surface area (Å²) in [5, 5.41) is 3.60. The lowest BCUT2D eigenvalue weighted by atomic mass is 10.1. The summed E-state index contributed by atoms with van der Waals surface area (Å²) in [6.07, 6.45) is -0.919. The number of hydrogen-bond acceptors (Lipinski definition) is 6. The second-order valence-electron chi connectivity index (χ2n) is 6.46. The van der Waals surface area contributed by atoms with E-state index in [1.165, 1.54) is 18.3 Å². The van der Waals surface area contributed by atoms with E-state index in [9.17, 15) is 9.59 Å². The molecule has 1 atom stereocenters. The van der Waals surface area contributed by atoms with Gasteiger partial charge in [-0.05, 0) is 44.0 Å². The second kappa shape index (κ2) is 8.95. The summed E-state index contributed by atoms with van der Waals surface area (Å²) in [5.74, 6) is -0.970. The summed E-state index contributed by atoms with van der Waals surface area (Å²) in [7, 11) is 0. The standard InChI is InChI=1S/C21H22N2O4S/c1-13-7-6-8-14(2)20(13)23-21(25)15(3)27-19(24)12-26-11-18-22-16-9-4-5-10-17(16)28-18/h4-10,15H,11-12H2,1-3H3,(H,23,25)/t15-/m1/s1. The van der Waals surface area contributed by atoms with Crippen LogP contribution in [-0.2, 0) is 25.7 Å². The molecule has 0 bridgehead atoms. The van der Waals surface area contributed by atoms with Gasteiger partial charge in [0.1, 0.15) is 11.6 Å². The normalized spacial score (nSPS) is 12.0. The van der Waals surface area contributed by atoms with Gasteiger partial charge in [-0.2, -0.15) is 0 Å². The van der Waals surface area contributed by atoms with Gasteiger partial charge in [-0.3, -0.25) is 4.79 Å². The fourth-order valence-electron chi connectivity index (χ4n) is 2.72. The zero-order chi connectivity index (χ0) is 20.1. The van der Waals surface area contributed by atoms with E-state index in [-0.39, 0.29) is 19.1 Å². The van der Waals surface area contributed by atoms with Crippen LogP contribution < -0.4 is 5.32 Å². The zero-order valence-corrected chi connectivity index (χ0v) is 16.8. The third-order valence-corrected chi connectivity index (χ3v) is 5.20. The molecule has 0 unspecified atom stereocenters. The Kier molecular flexibility index (Phi) is 6.38. The molecule has 28 heavy (non-hydrogen) atoms. The van der Waals surface area contributed by atoms with Crippen molar-refractivity contribution in [2.45, 2.75) is 33.5 Å². The largest absolute Gasteiger partial charge is 0.451 e. The van der Waals surface area contributed by atoms with Crippen molar-refractivity contribution in [2.24, 2.45) is 0 Å². The summed E-state index contributed by atoms with van der Waals surface area (Å²) < 4.78 is 11.6. The van der Waals surface area contributed by atoms with Crippen LogP contribution in [-0.4, -0.2) is 29.6 Å². The van der Waals surface area contributed by atoms with Crippen molar-refractivity contribution in [3.8, 4) is 0 Å². The van der Waals surface area contributed by atoms with Gasteiger partial charge in [0.05, 0.1) is 16.8 Å². The van der Waals surface area contributed by atoms with Crippen LogP contribution in [0.25, 0.3) is 10.2 Å². The lowest BCUT2D eigenvalue weighted by Gasteiger charge is -2.16. The number of benzene rings is 2. The van der Waals surface area contributed by atoms with Gasteiger partial charge in [0.25, 0.3) is 5.91 Å². The molecule has 0 saturated heterocycles. The maximum absolute atomic E-state index is 12.3. The summed E-state index contributed by atoms with van der Waals surface area (Å²) in [6.45, 7) is 5.34. The van der Waals surface area contributed by atoms with E-state index in [0.29, 0.717) is 0 Å². The van der Waals surface area contributed by atoms with Crippen LogP contribution in [0.1, 0.15) is 23.1 Å². The Labute approximate surface area is 167 Å². The number of carbonyl (C=O) groups excluding carboxylic acids is 2. The van der Waals surface area contributed by atoms with Crippen LogP contribution in [0, 0.1) is 13.8 Å². The highest BCUT2D eigenvalue weighted by Crippen LogP contribution is 2.22. The number of amides is 1. The zero-order valence-electron chi connectivity index (χ0n) is 16.0. The maximum Gasteiger partial charge on any atom is 0.332 e. The smallest absolute Gasteiger partial charge is 0.332 e. The van der Waals surface area contributed by atoms with Gasteiger partial charge in [0.15, 0.2) is 6.10 Å². The van der Waals surface area contributed by atoms with Crippen molar-refractivity contribution >= 4 is 39.1 Å². The van der Waals surface area contributed by atoms with Crippen LogP contribution >= 0.6 is 11.3 Å². The average molecular weight is 398 g/mol. The number of hydrogen-bond donors (Lipinski definition) is 1. The predicted octanol–water partition coefficient (Wildman–Crippen LogP) is 4.00. The molecule has 0 radical (unpaired) electrons. The molecule has 1 heterocycles. The fraction of sp³-hybridized carbons (Fsp3) is 0.286. The summed E-state index contributed by atoms with van der Waals surface area (Å²) in [5.41, 5.74) is 3.55. The number of aryl methyl sites for hydroxylation is 2. The van der Waals surface area contributed by atoms with E-state index in [0.717, 1.165) is 32.0 Å². The van der Waals surface area contributed by atoms with Crippen molar-refractivity contribution in [1.82, 2.24) is 4.98 Å². The molecule has 6 nitrogen and oxygen atoms in total. The minimum absolute atomic E-state index is 0.220. The maximum atomic E-state index is 12.3. The van der Waals surface area contributed by atoms with Crippen LogP contribution in [0.15, 0.2) is 42.5 Å². The van der Waals surface area contributed by atoms with Gasteiger partial charge in [0.2, 0.25) is 0 Å². The highest BCUT2D eigenvalue weighted by Gasteiger charge is 2.19. The quantitative estimate of drug-likeness (QED) is 0.609. The van der Waals surface area contributed by atoms with E-state index in [4.69, 9.17) is 9.47 Å². The van der Waals surface area contributed by atoms with E-state index in [1.807, 2.05) is 56.3 Å². The molecule has 0 aliphatic heterocycles. The molecule has 2 aromatic carbocycles. The summed E-state index contributed by atoms with van der Waals surface area (Å²) in [4.78, 5) is 28.7. The first-order chi connectivity index (χ1) is 13.4. The second-order valence-corrected chi connectivity index (χ2v) is 7.57. The van der Waals surface area contributed by atoms with Crippen LogP contribution in [0.5, 0.6) is 0 Å². The molecule has 0 spiro atoms. The van der Waals surface area contributed by atoms with Crippen LogP contribution in [0.3, 0.4) is 0 Å². The number of fused-ring (bicyclic) bond motifs is 1. The molecule has 7 heteroatoms. The van der Waals surface area contributed by atoms with E-state index < -0.39 is 12.1 Å². The number of nitrogens with one attached hydrogen (secondary N) is 1. The molecule has 0 aliphatic rings. The van der Waals surface area contributed by atoms with Crippen molar-refractivity contribution in [3.63, 3.8) is 0 Å². The first-order valence-electron chi connectivity index (χ1n) is 8.93. The molecule has 146 valence electrons. The monoisotopic (exact) mass is 398 g/mol. The van der Waals surface area contributed by atoms with E-state index >= 15 is 0 Å². The highest BCUT2D eigenvalue weighted by molar-refractivity contribution is 7.18. The van der Waals surface area contributed by atoms with Gasteiger partial charge in [0, 0.05) is 5.69 Å². The molecule has 0 aliphatic carbocycles. The first-order valence-corrected chi connectivity index (χ1v) is 9.74. The Hall–Kier alpha value is -2.77. The molecule has 0 saturated carbocycles. The minimum atomic E-state index is -0.919. The Morgan fingerprint density at radius 3 is 2.54 bits per heavy atom. The number of anilines is 1. The Morgan fingerprint density at radius 2 is 1.82 bits per heavy atom. The number of carbonyl (C=O) groups is 2. The minimum Gasteiger partial charge on any atom is -0.451 e. The third kappa shape index (κ3) is 4.94. The van der Waals surface area contributed by atoms with Gasteiger partial charge < -0.3 is 14.8 Å². The molecule has 1 aromatic heterocycles. The SMILES string of the molecule is Cc1cccc(C)c1NC(=O)[C@@H](C)OC(=O)COCc1nc2ccccc2s1. The first kappa shape index (κ1) is 20.0. The van der Waals surface area contributed by atoms with Crippen molar-refractivity contribution in [3.05, 3.63) is 58.6 Å². The number of para-hydroxylation sites is 2. The third-order valence-electron chi connectivity index (χ3n) is 4.19. The number of ether oxygens (including phenoxy) is 2. The predicted molar refractivity (Wildman–Crippen MR) is 109 cm³/mol. The Morgan fingerprint density at radius 1 is 1.11 bits per heavy atom. The molecule has 1 N–H and O–H groups in total. The van der Waals surface area contributed by atoms with Crippen LogP contribution in [0.4, 0.5) is 5.69 Å². The van der Waals surface area contributed by atoms with Gasteiger partial charge in [-0.1, -0.05) is 30.3 Å². The number of aromatic nitrogens is 1. The molecular weight excluding hydrogens is 376 g/mol. The number of nitrogens with zero attached hydrogens (tertiary/aromatic N) is 1. The summed E-state index contributed by atoms with van der Waals surface area (Å²) in [6, 6.07) is 13.5. The van der Waals surface area contributed by atoms with Crippen molar-refractivity contribution < 1.29 is 19.1 Å². The Bertz CT molecular complexity index is 946. The van der Waals surface area contributed by atoms with Gasteiger partial charge >= 0.3 is 5.97 Å². The summed E-state index contributed by atoms with van der Waals surface area (Å²) >= 11 is 1.52. The number of thiazole rings is 1. The molecule has 1 amide bonds. The Balaban J connectivity index is 1.46. The molecule has 3 rings (SSSR count). The van der Waals surface area contributed by atoms with Crippen molar-refractivity contribution in [1.29, 1.82) is 0 Å². The number of esters is 1. The molecule has 0 fully saturated rings. The van der Waals surface area contributed by atoms with Crippen LogP contribution in [0.2, 0.25) is 0 Å². The fourth-order valence-corrected chi connectivity index (χ4v) is 3.63. The van der Waals surface area contributed by atoms with E-state index in [1.54, 1.807) is 0 Å². The molecule has 3 aromatic rings. The van der Waals surface area contributed by atoms with E-state index in [2.05, 4.69) is 10.3 Å². The number of rotatable bonds is 7. The van der Waals surface area contributed by atoms with Gasteiger partial charge in [-0.15, -0.1) is 11.3 Å². The highest BCUT2D eigenvalue weighted by atomic mass is 32.1. The lowest BCUT2D eigenvalue weighted by molar-refractivity contribution is -0.157.